The van der Waals surface area contributed by atoms with E-state index in [2.05, 4.69) is 27.4 Å². The van der Waals surface area contributed by atoms with Crippen LogP contribution in [0.25, 0.3) is 0 Å². The van der Waals surface area contributed by atoms with Crippen LogP contribution in [0.1, 0.15) is 24.5 Å². The summed E-state index contributed by atoms with van der Waals surface area (Å²) < 4.78 is 11.2. The molecule has 136 valence electrons. The highest BCUT2D eigenvalue weighted by atomic mass is 16.5. The van der Waals surface area contributed by atoms with Crippen molar-refractivity contribution in [2.75, 3.05) is 53.5 Å². The summed E-state index contributed by atoms with van der Waals surface area (Å²) in [6.45, 7) is 8.23. The lowest BCUT2D eigenvalue weighted by Crippen LogP contribution is -2.47. The Morgan fingerprint density at radius 1 is 1.25 bits per heavy atom. The van der Waals surface area contributed by atoms with Gasteiger partial charge in [0.1, 0.15) is 11.5 Å². The Kier molecular flexibility index (Phi) is 7.08. The Morgan fingerprint density at radius 2 is 1.92 bits per heavy atom. The lowest BCUT2D eigenvalue weighted by molar-refractivity contribution is 0.0121. The van der Waals surface area contributed by atoms with Crippen LogP contribution in [-0.2, 0) is 4.74 Å². The van der Waals surface area contributed by atoms with Crippen molar-refractivity contribution in [1.29, 1.82) is 0 Å². The maximum absolute atomic E-state index is 12.1. The third-order valence-corrected chi connectivity index (χ3v) is 4.47. The molecule has 2 N–H and O–H groups in total. The Morgan fingerprint density at radius 3 is 2.50 bits per heavy atom. The van der Waals surface area contributed by atoms with Gasteiger partial charge in [0.25, 0.3) is 0 Å². The molecule has 1 aromatic rings. The van der Waals surface area contributed by atoms with Crippen LogP contribution >= 0.6 is 0 Å². The summed E-state index contributed by atoms with van der Waals surface area (Å²) in [4.78, 5) is 16.4. The van der Waals surface area contributed by atoms with Gasteiger partial charge in [0, 0.05) is 32.2 Å². The number of nitrogens with one attached hydrogen (secondary N) is 2. The number of aryl methyl sites for hydroxylation is 1. The van der Waals surface area contributed by atoms with Crippen LogP contribution in [0, 0.1) is 6.92 Å². The van der Waals surface area contributed by atoms with Gasteiger partial charge in [-0.3, -0.25) is 4.90 Å². The number of rotatable bonds is 7. The summed E-state index contributed by atoms with van der Waals surface area (Å²) in [6, 6.07) is 4.12. The molecule has 2 rings (SSSR count). The molecule has 0 saturated carbocycles. The van der Waals surface area contributed by atoms with Crippen LogP contribution < -0.4 is 10.6 Å². The molecular weight excluding hydrogens is 308 g/mol. The molecule has 0 radical (unpaired) electrons. The number of hydrogen-bond acceptors (Lipinski definition) is 5. The second-order valence-electron chi connectivity index (χ2n) is 6.52. The zero-order chi connectivity index (χ0) is 17.5. The van der Waals surface area contributed by atoms with Crippen LogP contribution in [-0.4, -0.2) is 75.4 Å². The number of amides is 2. The molecule has 2 heterocycles. The van der Waals surface area contributed by atoms with E-state index in [4.69, 9.17) is 9.15 Å². The van der Waals surface area contributed by atoms with Crippen LogP contribution in [0.2, 0.25) is 0 Å². The van der Waals surface area contributed by atoms with E-state index in [0.717, 1.165) is 24.6 Å². The summed E-state index contributed by atoms with van der Waals surface area (Å²) in [6.07, 6.45) is 0. The molecule has 1 aromatic heterocycles. The van der Waals surface area contributed by atoms with Crippen molar-refractivity contribution in [3.05, 3.63) is 23.7 Å². The van der Waals surface area contributed by atoms with Gasteiger partial charge in [0.05, 0.1) is 19.3 Å². The minimum atomic E-state index is -0.148. The molecule has 2 amide bonds. The van der Waals surface area contributed by atoms with Gasteiger partial charge in [-0.15, -0.1) is 0 Å². The number of furan rings is 1. The fourth-order valence-corrected chi connectivity index (χ4v) is 2.61. The third kappa shape index (κ3) is 5.51. The monoisotopic (exact) mass is 338 g/mol. The van der Waals surface area contributed by atoms with Crippen molar-refractivity contribution in [3.63, 3.8) is 0 Å². The molecular formula is C17H30N4O3. The average molecular weight is 338 g/mol. The van der Waals surface area contributed by atoms with E-state index in [1.165, 1.54) is 0 Å². The smallest absolute Gasteiger partial charge is 0.314 e. The first kappa shape index (κ1) is 18.8. The van der Waals surface area contributed by atoms with E-state index >= 15 is 0 Å². The van der Waals surface area contributed by atoms with Gasteiger partial charge in [-0.25, -0.2) is 4.79 Å². The number of hydrogen-bond donors (Lipinski definition) is 2. The van der Waals surface area contributed by atoms with Crippen LogP contribution in [0.4, 0.5) is 4.79 Å². The molecule has 1 fully saturated rings. The van der Waals surface area contributed by atoms with Crippen LogP contribution in [0.15, 0.2) is 16.5 Å². The Balaban J connectivity index is 1.89. The average Bonchev–Trinajstić information content (AvgIpc) is 3.00. The van der Waals surface area contributed by atoms with Crippen molar-refractivity contribution in [3.8, 4) is 0 Å². The zero-order valence-corrected chi connectivity index (χ0v) is 15.2. The minimum Gasteiger partial charge on any atom is -0.465 e. The lowest BCUT2D eigenvalue weighted by Gasteiger charge is -2.33. The van der Waals surface area contributed by atoms with Crippen molar-refractivity contribution in [2.45, 2.75) is 25.9 Å². The normalized spacial score (nSPS) is 18.4. The molecule has 2 atom stereocenters. The fourth-order valence-electron chi connectivity index (χ4n) is 2.61. The molecule has 24 heavy (non-hydrogen) atoms. The van der Waals surface area contributed by atoms with Crippen molar-refractivity contribution >= 4 is 6.03 Å². The summed E-state index contributed by atoms with van der Waals surface area (Å²) in [5.41, 5.74) is 0. The topological polar surface area (TPSA) is 70.0 Å². The number of ether oxygens (including phenoxy) is 1. The van der Waals surface area contributed by atoms with E-state index < -0.39 is 0 Å². The molecule has 0 spiro atoms. The third-order valence-electron chi connectivity index (χ3n) is 4.47. The molecule has 0 aliphatic carbocycles. The highest BCUT2D eigenvalue weighted by molar-refractivity contribution is 5.73. The Labute approximate surface area is 144 Å². The lowest BCUT2D eigenvalue weighted by atomic mass is 10.1. The number of urea groups is 1. The first-order chi connectivity index (χ1) is 11.5. The fraction of sp³-hybridized carbons (Fsp3) is 0.706. The largest absolute Gasteiger partial charge is 0.465 e. The molecule has 7 heteroatoms. The summed E-state index contributed by atoms with van der Waals surface area (Å²) >= 11 is 0. The van der Waals surface area contributed by atoms with E-state index in [0.29, 0.717) is 32.3 Å². The van der Waals surface area contributed by atoms with Gasteiger partial charge < -0.3 is 24.7 Å². The highest BCUT2D eigenvalue weighted by Crippen LogP contribution is 2.23. The van der Waals surface area contributed by atoms with Crippen LogP contribution in [0.5, 0.6) is 0 Å². The number of morpholine rings is 1. The SMILES string of the molecule is Cc1ccc(C(CNC(=O)NCC(C)N(C)C)N2CCOCC2)o1. The van der Waals surface area contributed by atoms with Gasteiger partial charge in [-0.2, -0.15) is 0 Å². The standard InChI is InChI=1S/C17H30N4O3/c1-13(20(3)4)11-18-17(22)19-12-15(16-6-5-14(2)24-16)21-7-9-23-10-8-21/h5-6,13,15H,7-12H2,1-4H3,(H2,18,19,22). The van der Waals surface area contributed by atoms with Crippen molar-refractivity contribution in [1.82, 2.24) is 20.4 Å². The Hall–Kier alpha value is -1.57. The first-order valence-corrected chi connectivity index (χ1v) is 8.53. The van der Waals surface area contributed by atoms with Gasteiger partial charge in [-0.1, -0.05) is 0 Å². The predicted octanol–water partition coefficient (Wildman–Crippen LogP) is 1.21. The van der Waals surface area contributed by atoms with Crippen molar-refractivity contribution < 1.29 is 13.9 Å². The number of carbonyl (C=O) groups is 1. The Bertz CT molecular complexity index is 512. The molecule has 1 aliphatic rings. The molecule has 7 nitrogen and oxygen atoms in total. The molecule has 1 aliphatic heterocycles. The second kappa shape index (κ2) is 9.05. The molecule has 0 aromatic carbocycles. The quantitative estimate of drug-likeness (QED) is 0.782. The van der Waals surface area contributed by atoms with Crippen LogP contribution in [0.3, 0.4) is 0 Å². The maximum atomic E-state index is 12.1. The van der Waals surface area contributed by atoms with Gasteiger partial charge in [0.15, 0.2) is 0 Å². The highest BCUT2D eigenvalue weighted by Gasteiger charge is 2.25. The first-order valence-electron chi connectivity index (χ1n) is 8.53. The maximum Gasteiger partial charge on any atom is 0.314 e. The van der Waals surface area contributed by atoms with Gasteiger partial charge >= 0.3 is 6.03 Å². The summed E-state index contributed by atoms with van der Waals surface area (Å²) in [7, 11) is 4.00. The van der Waals surface area contributed by atoms with Gasteiger partial charge in [-0.05, 0) is 40.1 Å². The van der Waals surface area contributed by atoms with E-state index in [1.807, 2.05) is 33.2 Å². The molecule has 1 saturated heterocycles. The predicted molar refractivity (Wildman–Crippen MR) is 93.1 cm³/mol. The summed E-state index contributed by atoms with van der Waals surface area (Å²) in [5, 5.41) is 5.88. The van der Waals surface area contributed by atoms with E-state index in [1.54, 1.807) is 0 Å². The number of nitrogens with zero attached hydrogens (tertiary/aromatic N) is 2. The second-order valence-corrected chi connectivity index (χ2v) is 6.52. The number of likely N-dealkylation sites (N-methyl/N-ethyl adjacent to an activating group) is 1. The number of carbonyl (C=O) groups excluding carboxylic acids is 1. The van der Waals surface area contributed by atoms with Crippen molar-refractivity contribution in [2.24, 2.45) is 0 Å². The molecule has 0 bridgehead atoms. The van der Waals surface area contributed by atoms with E-state index in [-0.39, 0.29) is 12.1 Å². The van der Waals surface area contributed by atoms with Gasteiger partial charge in [0.2, 0.25) is 0 Å². The zero-order valence-electron chi connectivity index (χ0n) is 15.2. The summed E-state index contributed by atoms with van der Waals surface area (Å²) in [5.74, 6) is 1.77. The minimum absolute atomic E-state index is 0.0274. The molecule has 2 unspecified atom stereocenters. The van der Waals surface area contributed by atoms with E-state index in [9.17, 15) is 4.79 Å².